The minimum absolute atomic E-state index is 0.0625. The van der Waals surface area contributed by atoms with Crippen molar-refractivity contribution in [2.75, 3.05) is 6.54 Å². The highest BCUT2D eigenvalue weighted by atomic mass is 19.1. The first-order valence-corrected chi connectivity index (χ1v) is 5.99. The Balaban J connectivity index is 2.82. The molecular formula is C13H19FN2O2. The van der Waals surface area contributed by atoms with Crippen molar-refractivity contribution in [3.05, 3.63) is 29.8 Å². The minimum Gasteiger partial charge on any atom is -0.481 e. The maximum absolute atomic E-state index is 13.1. The zero-order valence-electron chi connectivity index (χ0n) is 10.9. The molecule has 18 heavy (non-hydrogen) atoms. The standard InChI is InChI=1S/C13H19FN2O2/c1-9(2)16(5-4-13(17)18)10(3)11-6-12(14)8-15-7-11/h6-10H,4-5H2,1-3H3,(H,17,18). The Morgan fingerprint density at radius 1 is 1.44 bits per heavy atom. The van der Waals surface area contributed by atoms with Gasteiger partial charge in [-0.15, -0.1) is 0 Å². The van der Waals surface area contributed by atoms with Gasteiger partial charge in [0, 0.05) is 24.8 Å². The van der Waals surface area contributed by atoms with Gasteiger partial charge in [0.05, 0.1) is 12.6 Å². The quantitative estimate of drug-likeness (QED) is 0.847. The van der Waals surface area contributed by atoms with Crippen LogP contribution in [0.3, 0.4) is 0 Å². The Morgan fingerprint density at radius 2 is 2.11 bits per heavy atom. The van der Waals surface area contributed by atoms with E-state index >= 15 is 0 Å². The maximum Gasteiger partial charge on any atom is 0.304 e. The molecule has 0 aliphatic heterocycles. The van der Waals surface area contributed by atoms with Crippen LogP contribution in [0, 0.1) is 5.82 Å². The van der Waals surface area contributed by atoms with Gasteiger partial charge >= 0.3 is 5.97 Å². The van der Waals surface area contributed by atoms with Gasteiger partial charge in [0.15, 0.2) is 0 Å². The van der Waals surface area contributed by atoms with E-state index in [1.807, 2.05) is 25.7 Å². The third kappa shape index (κ3) is 4.07. The van der Waals surface area contributed by atoms with Crippen molar-refractivity contribution in [1.82, 2.24) is 9.88 Å². The molecule has 0 spiro atoms. The maximum atomic E-state index is 13.1. The molecule has 100 valence electrons. The average Bonchev–Trinajstić information content (AvgIpc) is 2.28. The van der Waals surface area contributed by atoms with Crippen molar-refractivity contribution in [3.63, 3.8) is 0 Å². The molecule has 1 heterocycles. The van der Waals surface area contributed by atoms with Crippen LogP contribution < -0.4 is 0 Å². The highest BCUT2D eigenvalue weighted by molar-refractivity contribution is 5.66. The van der Waals surface area contributed by atoms with Gasteiger partial charge in [0.25, 0.3) is 0 Å². The normalized spacial score (nSPS) is 13.0. The fourth-order valence-corrected chi connectivity index (χ4v) is 1.97. The zero-order valence-corrected chi connectivity index (χ0v) is 10.9. The van der Waals surface area contributed by atoms with Crippen LogP contribution in [0.4, 0.5) is 4.39 Å². The van der Waals surface area contributed by atoms with Crippen LogP contribution in [-0.2, 0) is 4.79 Å². The third-order valence-corrected chi connectivity index (χ3v) is 2.95. The summed E-state index contributed by atoms with van der Waals surface area (Å²) < 4.78 is 13.1. The first-order valence-electron chi connectivity index (χ1n) is 5.99. The monoisotopic (exact) mass is 254 g/mol. The molecule has 5 heteroatoms. The van der Waals surface area contributed by atoms with Crippen LogP contribution in [0.15, 0.2) is 18.5 Å². The lowest BCUT2D eigenvalue weighted by atomic mass is 10.1. The van der Waals surface area contributed by atoms with Crippen LogP contribution in [-0.4, -0.2) is 33.5 Å². The number of pyridine rings is 1. The van der Waals surface area contributed by atoms with Gasteiger partial charge in [-0.25, -0.2) is 4.39 Å². The van der Waals surface area contributed by atoms with E-state index in [1.165, 1.54) is 6.07 Å². The predicted molar refractivity (Wildman–Crippen MR) is 66.7 cm³/mol. The van der Waals surface area contributed by atoms with Gasteiger partial charge in [-0.05, 0) is 32.4 Å². The lowest BCUT2D eigenvalue weighted by Crippen LogP contribution is -2.35. The molecule has 0 aliphatic rings. The van der Waals surface area contributed by atoms with Crippen molar-refractivity contribution >= 4 is 5.97 Å². The van der Waals surface area contributed by atoms with Crippen LogP contribution in [0.5, 0.6) is 0 Å². The van der Waals surface area contributed by atoms with E-state index in [2.05, 4.69) is 4.98 Å². The fraction of sp³-hybridized carbons (Fsp3) is 0.538. The average molecular weight is 254 g/mol. The molecule has 1 aromatic rings. The second kappa shape index (κ2) is 6.44. The molecule has 0 aromatic carbocycles. The second-order valence-electron chi connectivity index (χ2n) is 4.59. The number of carboxylic acid groups (broad SMARTS) is 1. The lowest BCUT2D eigenvalue weighted by molar-refractivity contribution is -0.137. The molecule has 0 radical (unpaired) electrons. The first kappa shape index (κ1) is 14.6. The zero-order chi connectivity index (χ0) is 13.7. The molecular weight excluding hydrogens is 235 g/mol. The molecule has 1 N–H and O–H groups in total. The molecule has 0 amide bonds. The smallest absolute Gasteiger partial charge is 0.304 e. The van der Waals surface area contributed by atoms with E-state index in [-0.39, 0.29) is 24.3 Å². The van der Waals surface area contributed by atoms with Crippen molar-refractivity contribution in [3.8, 4) is 0 Å². The number of hydrogen-bond donors (Lipinski definition) is 1. The molecule has 4 nitrogen and oxygen atoms in total. The number of aliphatic carboxylic acids is 1. The first-order chi connectivity index (χ1) is 8.41. The third-order valence-electron chi connectivity index (χ3n) is 2.95. The van der Waals surface area contributed by atoms with E-state index in [0.717, 1.165) is 11.8 Å². The molecule has 1 unspecified atom stereocenters. The fourth-order valence-electron chi connectivity index (χ4n) is 1.97. The van der Waals surface area contributed by atoms with E-state index in [0.29, 0.717) is 6.54 Å². The molecule has 0 saturated heterocycles. The van der Waals surface area contributed by atoms with Gasteiger partial charge in [-0.2, -0.15) is 0 Å². The summed E-state index contributed by atoms with van der Waals surface area (Å²) in [7, 11) is 0. The van der Waals surface area contributed by atoms with Gasteiger partial charge < -0.3 is 5.11 Å². The lowest BCUT2D eigenvalue weighted by Gasteiger charge is -2.32. The van der Waals surface area contributed by atoms with Crippen molar-refractivity contribution < 1.29 is 14.3 Å². The van der Waals surface area contributed by atoms with Crippen molar-refractivity contribution in [1.29, 1.82) is 0 Å². The number of hydrogen-bond acceptors (Lipinski definition) is 3. The summed E-state index contributed by atoms with van der Waals surface area (Å²) in [6.45, 7) is 6.35. The van der Waals surface area contributed by atoms with E-state index in [9.17, 15) is 9.18 Å². The largest absolute Gasteiger partial charge is 0.481 e. The summed E-state index contributed by atoms with van der Waals surface area (Å²) >= 11 is 0. The topological polar surface area (TPSA) is 53.4 Å². The number of halogens is 1. The van der Waals surface area contributed by atoms with E-state index in [4.69, 9.17) is 5.11 Å². The molecule has 1 rings (SSSR count). The summed E-state index contributed by atoms with van der Waals surface area (Å²) in [5.74, 6) is -1.20. The van der Waals surface area contributed by atoms with Gasteiger partial charge in [-0.3, -0.25) is 14.7 Å². The second-order valence-corrected chi connectivity index (χ2v) is 4.59. The van der Waals surface area contributed by atoms with Gasteiger partial charge in [0.1, 0.15) is 5.82 Å². The molecule has 1 atom stereocenters. The Morgan fingerprint density at radius 3 is 2.61 bits per heavy atom. The Hall–Kier alpha value is -1.49. The van der Waals surface area contributed by atoms with Crippen LogP contribution in [0.1, 0.15) is 38.8 Å². The SMILES string of the molecule is CC(C)N(CCC(=O)O)C(C)c1cncc(F)c1. The van der Waals surface area contributed by atoms with Crippen LogP contribution in [0.2, 0.25) is 0 Å². The predicted octanol–water partition coefficient (Wildman–Crippen LogP) is 2.47. The summed E-state index contributed by atoms with van der Waals surface area (Å²) in [5.41, 5.74) is 0.758. The molecule has 0 saturated carbocycles. The van der Waals surface area contributed by atoms with Crippen molar-refractivity contribution in [2.45, 2.75) is 39.3 Å². The molecule has 0 fully saturated rings. The van der Waals surface area contributed by atoms with Crippen LogP contribution in [0.25, 0.3) is 0 Å². The Bertz CT molecular complexity index is 410. The Kier molecular flexibility index (Phi) is 5.22. The van der Waals surface area contributed by atoms with E-state index in [1.54, 1.807) is 6.20 Å². The highest BCUT2D eigenvalue weighted by Gasteiger charge is 2.20. The summed E-state index contributed by atoms with van der Waals surface area (Å²) in [4.78, 5) is 16.5. The van der Waals surface area contributed by atoms with Gasteiger partial charge in [0.2, 0.25) is 0 Å². The van der Waals surface area contributed by atoms with E-state index < -0.39 is 5.97 Å². The minimum atomic E-state index is -0.829. The van der Waals surface area contributed by atoms with Crippen molar-refractivity contribution in [2.24, 2.45) is 0 Å². The highest BCUT2D eigenvalue weighted by Crippen LogP contribution is 2.22. The number of carbonyl (C=O) groups is 1. The number of rotatable bonds is 6. The Labute approximate surface area is 106 Å². The molecule has 1 aromatic heterocycles. The summed E-state index contributed by atoms with van der Waals surface area (Å²) in [5, 5.41) is 8.74. The molecule has 0 bridgehead atoms. The number of carboxylic acids is 1. The number of aromatic nitrogens is 1. The van der Waals surface area contributed by atoms with Gasteiger partial charge in [-0.1, -0.05) is 0 Å². The summed E-state index contributed by atoms with van der Waals surface area (Å²) in [6.07, 6.45) is 2.85. The summed E-state index contributed by atoms with van der Waals surface area (Å²) in [6, 6.07) is 1.56. The molecule has 0 aliphatic carbocycles. The number of nitrogens with zero attached hydrogens (tertiary/aromatic N) is 2. The van der Waals surface area contributed by atoms with Crippen LogP contribution >= 0.6 is 0 Å².